The Labute approximate surface area is 359 Å². The van der Waals surface area contributed by atoms with E-state index < -0.39 is 6.10 Å². The van der Waals surface area contributed by atoms with Gasteiger partial charge in [0.05, 0.1) is 6.61 Å². The van der Waals surface area contributed by atoms with Crippen molar-refractivity contribution >= 4 is 11.9 Å². The first-order chi connectivity index (χ1) is 28.6. The van der Waals surface area contributed by atoms with E-state index in [1.807, 2.05) is 0 Å². The van der Waals surface area contributed by atoms with Crippen LogP contribution in [0.15, 0.2) is 85.1 Å². The Morgan fingerprint density at radius 2 is 0.776 bits per heavy atom. The molecule has 5 heteroatoms. The fourth-order valence-corrected chi connectivity index (χ4v) is 6.40. The van der Waals surface area contributed by atoms with Crippen LogP contribution in [0.5, 0.6) is 0 Å². The fraction of sp³-hybridized carbons (Fsp3) is 0.698. The van der Waals surface area contributed by atoms with Gasteiger partial charge in [-0.1, -0.05) is 196 Å². The van der Waals surface area contributed by atoms with Gasteiger partial charge in [-0.3, -0.25) is 9.59 Å². The third-order valence-electron chi connectivity index (χ3n) is 9.93. The molecule has 0 aromatic carbocycles. The van der Waals surface area contributed by atoms with Gasteiger partial charge >= 0.3 is 11.9 Å². The highest BCUT2D eigenvalue weighted by Crippen LogP contribution is 2.13. The zero-order chi connectivity index (χ0) is 42.1. The highest BCUT2D eigenvalue weighted by atomic mass is 16.6. The van der Waals surface area contributed by atoms with Crippen molar-refractivity contribution in [1.29, 1.82) is 0 Å². The molecule has 0 saturated carbocycles. The van der Waals surface area contributed by atoms with E-state index in [4.69, 9.17) is 14.2 Å². The van der Waals surface area contributed by atoms with Crippen molar-refractivity contribution in [2.24, 2.45) is 0 Å². The third-order valence-corrected chi connectivity index (χ3v) is 9.93. The highest BCUT2D eigenvalue weighted by Gasteiger charge is 2.17. The third kappa shape index (κ3) is 45.8. The molecule has 0 aromatic rings. The Bertz CT molecular complexity index is 1090. The molecule has 1 unspecified atom stereocenters. The molecule has 5 nitrogen and oxygen atoms in total. The molecule has 0 aromatic heterocycles. The summed E-state index contributed by atoms with van der Waals surface area (Å²) in [4.78, 5) is 25.3. The van der Waals surface area contributed by atoms with Crippen molar-refractivity contribution in [2.75, 3.05) is 19.8 Å². The van der Waals surface area contributed by atoms with Crippen LogP contribution in [0.4, 0.5) is 0 Å². The first kappa shape index (κ1) is 55.1. The van der Waals surface area contributed by atoms with Crippen LogP contribution in [0.2, 0.25) is 0 Å². The van der Waals surface area contributed by atoms with Crippen molar-refractivity contribution in [1.82, 2.24) is 0 Å². The number of carbonyl (C=O) groups is 2. The normalized spacial score (nSPS) is 12.9. The number of unbranched alkanes of at least 4 members (excludes halogenated alkanes) is 18. The second-order valence-corrected chi connectivity index (χ2v) is 15.6. The molecule has 1 atom stereocenters. The van der Waals surface area contributed by atoms with Gasteiger partial charge in [-0.25, -0.2) is 0 Å². The van der Waals surface area contributed by atoms with Crippen molar-refractivity contribution in [3.05, 3.63) is 85.1 Å². The molecule has 0 aliphatic rings. The van der Waals surface area contributed by atoms with Crippen molar-refractivity contribution in [3.8, 4) is 0 Å². The Hall–Kier alpha value is -2.92. The van der Waals surface area contributed by atoms with Crippen LogP contribution in [-0.4, -0.2) is 37.9 Å². The second-order valence-electron chi connectivity index (χ2n) is 15.6. The molecule has 0 N–H and O–H groups in total. The lowest BCUT2D eigenvalue weighted by molar-refractivity contribution is -0.163. The maximum absolute atomic E-state index is 12.7. The summed E-state index contributed by atoms with van der Waals surface area (Å²) in [5, 5.41) is 0. The summed E-state index contributed by atoms with van der Waals surface area (Å²) in [7, 11) is 0. The van der Waals surface area contributed by atoms with Crippen LogP contribution in [0.3, 0.4) is 0 Å². The molecule has 0 rings (SSSR count). The summed E-state index contributed by atoms with van der Waals surface area (Å²) in [6.07, 6.45) is 63.0. The largest absolute Gasteiger partial charge is 0.462 e. The van der Waals surface area contributed by atoms with E-state index in [1.165, 1.54) is 64.2 Å². The number of ether oxygens (including phenoxy) is 3. The maximum Gasteiger partial charge on any atom is 0.306 e. The van der Waals surface area contributed by atoms with Crippen molar-refractivity contribution < 1.29 is 23.8 Å². The van der Waals surface area contributed by atoms with Crippen molar-refractivity contribution in [3.63, 3.8) is 0 Å². The molecular formula is C53H90O5. The maximum atomic E-state index is 12.7. The molecule has 332 valence electrons. The standard InChI is InChI=1S/C53H90O5/c1-4-7-10-13-16-19-22-25-26-27-28-30-31-34-37-40-43-46-52(54)57-50-51(49-56-48-45-42-39-36-33-24-21-18-15-12-9-6-3)58-53(55)47-44-41-38-35-32-29-23-20-17-14-11-8-5-2/h7-8,10-11,16-17,19-20,25-26,28-30,32,51H,4-6,9,12-15,18,21-24,27,31,33-50H2,1-3H3/b10-7-,11-8-,19-16-,20-17-,26-25-,30-28-,32-29-. The first-order valence-corrected chi connectivity index (χ1v) is 24.1. The minimum atomic E-state index is -0.562. The van der Waals surface area contributed by atoms with Gasteiger partial charge in [-0.15, -0.1) is 0 Å². The molecule has 58 heavy (non-hydrogen) atoms. The minimum absolute atomic E-state index is 0.0585. The van der Waals surface area contributed by atoms with Crippen LogP contribution < -0.4 is 0 Å². The van der Waals surface area contributed by atoms with Crippen LogP contribution >= 0.6 is 0 Å². The topological polar surface area (TPSA) is 61.8 Å². The summed E-state index contributed by atoms with van der Waals surface area (Å²) < 4.78 is 17.3. The van der Waals surface area contributed by atoms with E-state index >= 15 is 0 Å². The molecule has 0 saturated heterocycles. The number of esters is 2. The molecule has 0 heterocycles. The van der Waals surface area contributed by atoms with Crippen LogP contribution in [0.25, 0.3) is 0 Å². The molecule has 0 fully saturated rings. The van der Waals surface area contributed by atoms with Gasteiger partial charge in [0.25, 0.3) is 0 Å². The van der Waals surface area contributed by atoms with Crippen molar-refractivity contribution in [2.45, 2.75) is 219 Å². The molecule has 0 aliphatic carbocycles. The molecule has 0 bridgehead atoms. The summed E-state index contributed by atoms with van der Waals surface area (Å²) in [5.74, 6) is -0.459. The van der Waals surface area contributed by atoms with E-state index in [2.05, 4.69) is 106 Å². The van der Waals surface area contributed by atoms with Gasteiger partial charge in [0, 0.05) is 19.4 Å². The number of hydrogen-bond acceptors (Lipinski definition) is 5. The lowest BCUT2D eigenvalue weighted by Gasteiger charge is -2.18. The number of carbonyl (C=O) groups excluding carboxylic acids is 2. The molecule has 0 spiro atoms. The van der Waals surface area contributed by atoms with Gasteiger partial charge in [0.2, 0.25) is 0 Å². The lowest BCUT2D eigenvalue weighted by atomic mass is 10.1. The van der Waals surface area contributed by atoms with E-state index in [0.29, 0.717) is 19.4 Å². The Morgan fingerprint density at radius 1 is 0.397 bits per heavy atom. The van der Waals surface area contributed by atoms with E-state index in [-0.39, 0.29) is 25.2 Å². The minimum Gasteiger partial charge on any atom is -0.462 e. The zero-order valence-corrected chi connectivity index (χ0v) is 38.0. The Balaban J connectivity index is 4.34. The number of allylic oxidation sites excluding steroid dienone is 14. The SMILES string of the molecule is CC/C=C\C/C=C\C/C=C\C/C=C\CCCCCCC(=O)OCC(COCCCCCCCCCCCCCC)OC(=O)CCCCC/C=C\C/C=C\C/C=C\CC. The first-order valence-electron chi connectivity index (χ1n) is 24.1. The summed E-state index contributed by atoms with van der Waals surface area (Å²) in [5.41, 5.74) is 0. The van der Waals surface area contributed by atoms with Crippen LogP contribution in [0, 0.1) is 0 Å². The van der Waals surface area contributed by atoms with Gasteiger partial charge in [0.1, 0.15) is 6.61 Å². The Kier molecular flexibility index (Phi) is 46.0. The fourth-order valence-electron chi connectivity index (χ4n) is 6.40. The summed E-state index contributed by atoms with van der Waals surface area (Å²) in [6.45, 7) is 7.54. The quantitative estimate of drug-likeness (QED) is 0.0349. The van der Waals surface area contributed by atoms with Crippen LogP contribution in [0.1, 0.15) is 213 Å². The summed E-state index contributed by atoms with van der Waals surface area (Å²) >= 11 is 0. The summed E-state index contributed by atoms with van der Waals surface area (Å²) in [6, 6.07) is 0. The zero-order valence-electron chi connectivity index (χ0n) is 38.0. The smallest absolute Gasteiger partial charge is 0.306 e. The predicted molar refractivity (Wildman–Crippen MR) is 251 cm³/mol. The predicted octanol–water partition coefficient (Wildman–Crippen LogP) is 16.1. The van der Waals surface area contributed by atoms with Gasteiger partial charge in [-0.05, 0) is 89.9 Å². The van der Waals surface area contributed by atoms with Gasteiger partial charge in [-0.2, -0.15) is 0 Å². The van der Waals surface area contributed by atoms with Crippen LogP contribution in [-0.2, 0) is 23.8 Å². The van der Waals surface area contributed by atoms with E-state index in [9.17, 15) is 9.59 Å². The number of hydrogen-bond donors (Lipinski definition) is 0. The lowest BCUT2D eigenvalue weighted by Crippen LogP contribution is -2.30. The second kappa shape index (κ2) is 48.4. The van der Waals surface area contributed by atoms with Gasteiger partial charge in [0.15, 0.2) is 6.10 Å². The van der Waals surface area contributed by atoms with E-state index in [1.54, 1.807) is 0 Å². The molecule has 0 radical (unpaired) electrons. The van der Waals surface area contributed by atoms with Gasteiger partial charge < -0.3 is 14.2 Å². The average Bonchev–Trinajstić information content (AvgIpc) is 3.22. The molecule has 0 aliphatic heterocycles. The number of rotatable bonds is 43. The average molecular weight is 807 g/mol. The monoisotopic (exact) mass is 807 g/mol. The highest BCUT2D eigenvalue weighted by molar-refractivity contribution is 5.70. The van der Waals surface area contributed by atoms with E-state index in [0.717, 1.165) is 116 Å². The Morgan fingerprint density at radius 3 is 1.26 bits per heavy atom. The molecule has 0 amide bonds. The molecular weight excluding hydrogens is 717 g/mol.